The van der Waals surface area contributed by atoms with Gasteiger partial charge in [-0.2, -0.15) is 0 Å². The van der Waals surface area contributed by atoms with Crippen LogP contribution < -0.4 is 0 Å². The smallest absolute Gasteiger partial charge is 0.151 e. The first-order valence-electron chi connectivity index (χ1n) is 6.03. The molecule has 4 nitrogen and oxygen atoms in total. The quantitative estimate of drug-likeness (QED) is 0.785. The molecule has 1 aliphatic heterocycles. The van der Waals surface area contributed by atoms with Gasteiger partial charge < -0.3 is 5.11 Å². The SMILES string of the molecule is CN(CC1(O)CCCC1)C1CCS(=O)(=O)C1. The molecule has 5 heteroatoms. The molecule has 0 spiro atoms. The lowest BCUT2D eigenvalue weighted by atomic mass is 10.0. The zero-order valence-corrected chi connectivity index (χ0v) is 10.7. The van der Waals surface area contributed by atoms with Crippen LogP contribution in [0.25, 0.3) is 0 Å². The monoisotopic (exact) mass is 247 g/mol. The number of nitrogens with zero attached hydrogens (tertiary/aromatic N) is 1. The van der Waals surface area contributed by atoms with Crippen molar-refractivity contribution in [3.63, 3.8) is 0 Å². The zero-order chi connectivity index (χ0) is 11.8. The third kappa shape index (κ3) is 2.76. The molecule has 0 amide bonds. The number of likely N-dealkylation sites (N-methyl/N-ethyl adjacent to an activating group) is 1. The number of aliphatic hydroxyl groups is 1. The summed E-state index contributed by atoms with van der Waals surface area (Å²) in [7, 11) is -0.885. The van der Waals surface area contributed by atoms with Crippen molar-refractivity contribution in [3.05, 3.63) is 0 Å². The Hall–Kier alpha value is -0.130. The van der Waals surface area contributed by atoms with Crippen molar-refractivity contribution in [3.8, 4) is 0 Å². The summed E-state index contributed by atoms with van der Waals surface area (Å²) in [5.41, 5.74) is -0.568. The van der Waals surface area contributed by atoms with Gasteiger partial charge in [0.2, 0.25) is 0 Å². The third-order valence-corrected chi connectivity index (χ3v) is 5.66. The number of hydrogen-bond donors (Lipinski definition) is 1. The van der Waals surface area contributed by atoms with E-state index in [4.69, 9.17) is 0 Å². The van der Waals surface area contributed by atoms with Gasteiger partial charge in [0, 0.05) is 12.6 Å². The van der Waals surface area contributed by atoms with Gasteiger partial charge in [-0.1, -0.05) is 12.8 Å². The van der Waals surface area contributed by atoms with E-state index in [0.717, 1.165) is 32.1 Å². The molecule has 2 aliphatic rings. The first-order valence-corrected chi connectivity index (χ1v) is 7.85. The van der Waals surface area contributed by atoms with Crippen molar-refractivity contribution in [2.24, 2.45) is 0 Å². The maximum absolute atomic E-state index is 11.4. The lowest BCUT2D eigenvalue weighted by Gasteiger charge is -2.31. The molecule has 1 saturated heterocycles. The Morgan fingerprint density at radius 3 is 2.50 bits per heavy atom. The predicted octanol–water partition coefficient (Wildman–Crippen LogP) is 0.410. The number of sulfone groups is 1. The third-order valence-electron chi connectivity index (χ3n) is 3.91. The molecule has 1 heterocycles. The van der Waals surface area contributed by atoms with Gasteiger partial charge in [-0.05, 0) is 26.3 Å². The van der Waals surface area contributed by atoms with E-state index >= 15 is 0 Å². The van der Waals surface area contributed by atoms with Gasteiger partial charge in [-0.15, -0.1) is 0 Å². The minimum atomic E-state index is -2.82. The Bertz CT molecular complexity index is 346. The van der Waals surface area contributed by atoms with Crippen LogP contribution in [0, 0.1) is 0 Å². The van der Waals surface area contributed by atoms with Crippen LogP contribution in [-0.2, 0) is 9.84 Å². The molecule has 0 aromatic carbocycles. The highest BCUT2D eigenvalue weighted by atomic mass is 32.2. The average Bonchev–Trinajstić information content (AvgIpc) is 2.72. The second-order valence-corrected chi connectivity index (χ2v) is 7.63. The van der Waals surface area contributed by atoms with Crippen LogP contribution in [-0.4, -0.2) is 55.2 Å². The van der Waals surface area contributed by atoms with Crippen LogP contribution in [0.2, 0.25) is 0 Å². The predicted molar refractivity (Wildman–Crippen MR) is 63.1 cm³/mol. The first kappa shape index (κ1) is 12.3. The molecule has 16 heavy (non-hydrogen) atoms. The fourth-order valence-corrected chi connectivity index (χ4v) is 4.71. The summed E-state index contributed by atoms with van der Waals surface area (Å²) in [6, 6.07) is 0.106. The van der Waals surface area contributed by atoms with Gasteiger partial charge in [-0.25, -0.2) is 8.42 Å². The largest absolute Gasteiger partial charge is 0.389 e. The summed E-state index contributed by atoms with van der Waals surface area (Å²) in [4.78, 5) is 2.04. The average molecular weight is 247 g/mol. The Kier molecular flexibility index (Phi) is 3.29. The van der Waals surface area contributed by atoms with Gasteiger partial charge in [0.05, 0.1) is 17.1 Å². The Balaban J connectivity index is 1.91. The summed E-state index contributed by atoms with van der Waals surface area (Å²) >= 11 is 0. The van der Waals surface area contributed by atoms with Gasteiger partial charge in [-0.3, -0.25) is 4.90 Å². The second-order valence-electron chi connectivity index (χ2n) is 5.40. The van der Waals surface area contributed by atoms with Crippen molar-refractivity contribution in [2.75, 3.05) is 25.1 Å². The zero-order valence-electron chi connectivity index (χ0n) is 9.85. The van der Waals surface area contributed by atoms with E-state index < -0.39 is 15.4 Å². The molecule has 1 unspecified atom stereocenters. The molecule has 1 saturated carbocycles. The normalized spacial score (nSPS) is 32.3. The van der Waals surface area contributed by atoms with Crippen LogP contribution in [0.5, 0.6) is 0 Å². The standard InChI is InChI=1S/C11H21NO3S/c1-12(9-11(13)5-2-3-6-11)10-4-7-16(14,15)8-10/h10,13H,2-9H2,1H3. The van der Waals surface area contributed by atoms with Crippen molar-refractivity contribution < 1.29 is 13.5 Å². The molecular formula is C11H21NO3S. The molecule has 1 aliphatic carbocycles. The maximum atomic E-state index is 11.4. The van der Waals surface area contributed by atoms with E-state index in [-0.39, 0.29) is 11.8 Å². The fourth-order valence-electron chi connectivity index (χ4n) is 2.91. The lowest BCUT2D eigenvalue weighted by molar-refractivity contribution is 0.00797. The molecule has 0 bridgehead atoms. The van der Waals surface area contributed by atoms with Crippen molar-refractivity contribution in [1.82, 2.24) is 4.90 Å². The minimum Gasteiger partial charge on any atom is -0.389 e. The first-order chi connectivity index (χ1) is 7.40. The molecular weight excluding hydrogens is 226 g/mol. The molecule has 0 aromatic heterocycles. The van der Waals surface area contributed by atoms with E-state index in [9.17, 15) is 13.5 Å². The maximum Gasteiger partial charge on any atom is 0.151 e. The number of hydrogen-bond acceptors (Lipinski definition) is 4. The van der Waals surface area contributed by atoms with E-state index in [2.05, 4.69) is 0 Å². The van der Waals surface area contributed by atoms with E-state index in [1.54, 1.807) is 0 Å². The van der Waals surface area contributed by atoms with Gasteiger partial charge in [0.25, 0.3) is 0 Å². The Labute approximate surface area is 97.6 Å². The topological polar surface area (TPSA) is 57.6 Å². The molecule has 2 fully saturated rings. The highest BCUT2D eigenvalue weighted by Gasteiger charge is 2.37. The second kappa shape index (κ2) is 4.27. The fraction of sp³-hybridized carbons (Fsp3) is 1.00. The van der Waals surface area contributed by atoms with E-state index in [1.807, 2.05) is 11.9 Å². The summed E-state index contributed by atoms with van der Waals surface area (Å²) in [6.07, 6.45) is 4.61. The summed E-state index contributed by atoms with van der Waals surface area (Å²) in [6.45, 7) is 0.618. The summed E-state index contributed by atoms with van der Waals surface area (Å²) in [5.74, 6) is 0.569. The van der Waals surface area contributed by atoms with E-state index in [1.165, 1.54) is 0 Å². The van der Waals surface area contributed by atoms with Crippen LogP contribution >= 0.6 is 0 Å². The van der Waals surface area contributed by atoms with Gasteiger partial charge >= 0.3 is 0 Å². The highest BCUT2D eigenvalue weighted by Crippen LogP contribution is 2.31. The molecule has 0 radical (unpaired) electrons. The van der Waals surface area contributed by atoms with Crippen LogP contribution in [0.15, 0.2) is 0 Å². The van der Waals surface area contributed by atoms with Crippen LogP contribution in [0.4, 0.5) is 0 Å². The van der Waals surface area contributed by atoms with Crippen LogP contribution in [0.1, 0.15) is 32.1 Å². The minimum absolute atomic E-state index is 0.106. The van der Waals surface area contributed by atoms with Crippen molar-refractivity contribution in [1.29, 1.82) is 0 Å². The Morgan fingerprint density at radius 1 is 1.38 bits per heavy atom. The van der Waals surface area contributed by atoms with Crippen LogP contribution in [0.3, 0.4) is 0 Å². The number of rotatable bonds is 3. The van der Waals surface area contributed by atoms with Gasteiger partial charge in [0.15, 0.2) is 9.84 Å². The van der Waals surface area contributed by atoms with Crippen molar-refractivity contribution in [2.45, 2.75) is 43.7 Å². The molecule has 94 valence electrons. The summed E-state index contributed by atoms with van der Waals surface area (Å²) < 4.78 is 22.7. The van der Waals surface area contributed by atoms with E-state index in [0.29, 0.717) is 12.3 Å². The molecule has 1 N–H and O–H groups in total. The summed E-state index contributed by atoms with van der Waals surface area (Å²) in [5, 5.41) is 10.3. The lowest BCUT2D eigenvalue weighted by Crippen LogP contribution is -2.44. The highest BCUT2D eigenvalue weighted by molar-refractivity contribution is 7.91. The molecule has 2 rings (SSSR count). The molecule has 0 aromatic rings. The van der Waals surface area contributed by atoms with Crippen molar-refractivity contribution >= 4 is 9.84 Å². The van der Waals surface area contributed by atoms with Gasteiger partial charge in [0.1, 0.15) is 0 Å². The Morgan fingerprint density at radius 2 is 2.00 bits per heavy atom. The molecule has 1 atom stereocenters.